The second-order valence-corrected chi connectivity index (χ2v) is 5.51. The lowest BCUT2D eigenvalue weighted by Gasteiger charge is -2.17. The van der Waals surface area contributed by atoms with Gasteiger partial charge in [-0.25, -0.2) is 0 Å². The summed E-state index contributed by atoms with van der Waals surface area (Å²) in [7, 11) is 1.94. The smallest absolute Gasteiger partial charge is 0.0761 e. The van der Waals surface area contributed by atoms with Crippen LogP contribution in [0.3, 0.4) is 0 Å². The predicted octanol–water partition coefficient (Wildman–Crippen LogP) is 2.65. The van der Waals surface area contributed by atoms with Gasteiger partial charge in [-0.05, 0) is 25.1 Å². The Morgan fingerprint density at radius 1 is 1.32 bits per heavy atom. The van der Waals surface area contributed by atoms with E-state index in [0.29, 0.717) is 0 Å². The molecule has 0 bridgehead atoms. The summed E-state index contributed by atoms with van der Waals surface area (Å²) in [5.74, 6) is 0.977. The van der Waals surface area contributed by atoms with E-state index in [4.69, 9.17) is 0 Å². The molecule has 19 heavy (non-hydrogen) atoms. The van der Waals surface area contributed by atoms with Crippen LogP contribution >= 0.6 is 11.8 Å². The molecular formula is C14H20N4S. The molecule has 2 aromatic rings. The van der Waals surface area contributed by atoms with Crippen LogP contribution in [0.2, 0.25) is 0 Å². The Morgan fingerprint density at radius 2 is 2.11 bits per heavy atom. The Labute approximate surface area is 118 Å². The molecule has 0 fully saturated rings. The number of benzene rings is 1. The molecule has 1 aromatic carbocycles. The first-order valence-corrected chi connectivity index (χ1v) is 7.55. The molecule has 0 aliphatic heterocycles. The van der Waals surface area contributed by atoms with Crippen LogP contribution in [-0.2, 0) is 7.05 Å². The van der Waals surface area contributed by atoms with Crippen LogP contribution in [0.25, 0.3) is 0 Å². The molecule has 2 rings (SSSR count). The fourth-order valence-corrected chi connectivity index (χ4v) is 2.87. The van der Waals surface area contributed by atoms with Gasteiger partial charge in [0.25, 0.3) is 0 Å². The molecule has 0 aliphatic rings. The van der Waals surface area contributed by atoms with E-state index >= 15 is 0 Å². The lowest BCUT2D eigenvalue weighted by molar-refractivity contribution is 0.532. The molecule has 102 valence electrons. The van der Waals surface area contributed by atoms with Crippen molar-refractivity contribution in [1.29, 1.82) is 0 Å². The number of aromatic nitrogens is 3. The highest BCUT2D eigenvalue weighted by Gasteiger charge is 2.15. The molecule has 1 N–H and O–H groups in total. The molecule has 5 heteroatoms. The van der Waals surface area contributed by atoms with Gasteiger partial charge in [0.15, 0.2) is 0 Å². The minimum absolute atomic E-state index is 0.283. The Hall–Kier alpha value is -1.33. The Bertz CT molecular complexity index is 483. The second-order valence-electron chi connectivity index (χ2n) is 4.41. The number of nitrogens with one attached hydrogen (secondary N) is 1. The summed E-state index contributed by atoms with van der Waals surface area (Å²) >= 11 is 1.85. The zero-order valence-corrected chi connectivity index (χ0v) is 12.2. The van der Waals surface area contributed by atoms with E-state index in [0.717, 1.165) is 24.4 Å². The van der Waals surface area contributed by atoms with Crippen molar-refractivity contribution in [2.75, 3.05) is 12.3 Å². The van der Waals surface area contributed by atoms with Crippen molar-refractivity contribution in [3.8, 4) is 0 Å². The number of hydrogen-bond acceptors (Lipinski definition) is 4. The summed E-state index contributed by atoms with van der Waals surface area (Å²) in [6.07, 6.45) is 2.97. The van der Waals surface area contributed by atoms with Gasteiger partial charge in [0.2, 0.25) is 0 Å². The van der Waals surface area contributed by atoms with Crippen LogP contribution < -0.4 is 5.32 Å². The predicted molar refractivity (Wildman–Crippen MR) is 79.2 cm³/mol. The van der Waals surface area contributed by atoms with Crippen molar-refractivity contribution in [3.05, 3.63) is 42.2 Å². The van der Waals surface area contributed by atoms with Crippen LogP contribution in [-0.4, -0.2) is 27.3 Å². The van der Waals surface area contributed by atoms with Crippen LogP contribution in [0.5, 0.6) is 0 Å². The third-order valence-electron chi connectivity index (χ3n) is 2.91. The van der Waals surface area contributed by atoms with Crippen molar-refractivity contribution in [3.63, 3.8) is 0 Å². The maximum atomic E-state index is 4.02. The highest BCUT2D eigenvalue weighted by Crippen LogP contribution is 2.23. The van der Waals surface area contributed by atoms with E-state index in [-0.39, 0.29) is 6.04 Å². The standard InChI is InChI=1S/C14H20N4S/c1-3-9-15-13(14-10-16-17-18(14)2)11-19-12-7-5-4-6-8-12/h4-8,10,13,15H,3,9,11H2,1-2H3. The molecule has 1 unspecified atom stereocenters. The maximum Gasteiger partial charge on any atom is 0.0761 e. The lowest BCUT2D eigenvalue weighted by Crippen LogP contribution is -2.26. The van der Waals surface area contributed by atoms with Gasteiger partial charge in [-0.1, -0.05) is 30.3 Å². The van der Waals surface area contributed by atoms with Crippen LogP contribution in [0, 0.1) is 0 Å². The normalized spacial score (nSPS) is 12.5. The Balaban J connectivity index is 2.00. The van der Waals surface area contributed by atoms with Crippen LogP contribution in [0.15, 0.2) is 41.4 Å². The SMILES string of the molecule is CCCNC(CSc1ccccc1)c1cnnn1C. The molecular weight excluding hydrogens is 256 g/mol. The average Bonchev–Trinajstić information content (AvgIpc) is 2.86. The Kier molecular flexibility index (Phi) is 5.42. The number of aryl methyl sites for hydroxylation is 1. The van der Waals surface area contributed by atoms with Crippen molar-refractivity contribution in [2.24, 2.45) is 7.05 Å². The minimum atomic E-state index is 0.283. The largest absolute Gasteiger partial charge is 0.308 e. The summed E-state index contributed by atoms with van der Waals surface area (Å²) < 4.78 is 1.85. The molecule has 0 saturated heterocycles. The van der Waals surface area contributed by atoms with Crippen LogP contribution in [0.1, 0.15) is 25.1 Å². The van der Waals surface area contributed by atoms with E-state index in [9.17, 15) is 0 Å². The highest BCUT2D eigenvalue weighted by atomic mass is 32.2. The number of thioether (sulfide) groups is 1. The first kappa shape index (κ1) is 14.1. The molecule has 1 atom stereocenters. The number of nitrogens with zero attached hydrogens (tertiary/aromatic N) is 3. The van der Waals surface area contributed by atoms with E-state index in [2.05, 4.69) is 46.8 Å². The number of rotatable bonds is 7. The fraction of sp³-hybridized carbons (Fsp3) is 0.429. The van der Waals surface area contributed by atoms with Gasteiger partial charge >= 0.3 is 0 Å². The molecule has 0 saturated carbocycles. The lowest BCUT2D eigenvalue weighted by atomic mass is 10.2. The van der Waals surface area contributed by atoms with Gasteiger partial charge in [-0.15, -0.1) is 16.9 Å². The molecule has 0 amide bonds. The Morgan fingerprint density at radius 3 is 2.74 bits per heavy atom. The quantitative estimate of drug-likeness (QED) is 0.790. The summed E-state index contributed by atoms with van der Waals surface area (Å²) in [6.45, 7) is 3.18. The van der Waals surface area contributed by atoms with E-state index in [1.54, 1.807) is 0 Å². The van der Waals surface area contributed by atoms with E-state index in [1.165, 1.54) is 4.90 Å². The third kappa shape index (κ3) is 4.08. The molecule has 0 radical (unpaired) electrons. The van der Waals surface area contributed by atoms with E-state index in [1.807, 2.05) is 35.8 Å². The second kappa shape index (κ2) is 7.31. The zero-order valence-electron chi connectivity index (χ0n) is 11.4. The summed E-state index contributed by atoms with van der Waals surface area (Å²) in [4.78, 5) is 1.29. The first-order chi connectivity index (χ1) is 9.31. The van der Waals surface area contributed by atoms with Gasteiger partial charge in [0.1, 0.15) is 0 Å². The van der Waals surface area contributed by atoms with Crippen molar-refractivity contribution >= 4 is 11.8 Å². The zero-order chi connectivity index (χ0) is 13.5. The van der Waals surface area contributed by atoms with Gasteiger partial charge in [0.05, 0.1) is 17.9 Å². The van der Waals surface area contributed by atoms with E-state index < -0.39 is 0 Å². The average molecular weight is 276 g/mol. The topological polar surface area (TPSA) is 42.7 Å². The molecule has 4 nitrogen and oxygen atoms in total. The van der Waals surface area contributed by atoms with Gasteiger partial charge in [-0.3, -0.25) is 4.68 Å². The highest BCUT2D eigenvalue weighted by molar-refractivity contribution is 7.99. The van der Waals surface area contributed by atoms with Crippen molar-refractivity contribution < 1.29 is 0 Å². The number of hydrogen-bond donors (Lipinski definition) is 1. The molecule has 0 spiro atoms. The summed E-state index contributed by atoms with van der Waals surface area (Å²) in [5.41, 5.74) is 1.14. The van der Waals surface area contributed by atoms with Gasteiger partial charge < -0.3 is 5.32 Å². The van der Waals surface area contributed by atoms with Gasteiger partial charge in [0, 0.05) is 17.7 Å². The van der Waals surface area contributed by atoms with Crippen molar-refractivity contribution in [1.82, 2.24) is 20.3 Å². The molecule has 0 aliphatic carbocycles. The molecule has 1 aromatic heterocycles. The maximum absolute atomic E-state index is 4.02. The fourth-order valence-electron chi connectivity index (χ4n) is 1.88. The third-order valence-corrected chi connectivity index (χ3v) is 4.01. The van der Waals surface area contributed by atoms with Crippen molar-refractivity contribution in [2.45, 2.75) is 24.3 Å². The monoisotopic (exact) mass is 276 g/mol. The minimum Gasteiger partial charge on any atom is -0.308 e. The van der Waals surface area contributed by atoms with Crippen LogP contribution in [0.4, 0.5) is 0 Å². The van der Waals surface area contributed by atoms with Gasteiger partial charge in [-0.2, -0.15) is 0 Å². The molecule has 1 heterocycles. The summed E-state index contributed by atoms with van der Waals surface area (Å²) in [5, 5.41) is 11.5. The first-order valence-electron chi connectivity index (χ1n) is 6.57. The summed E-state index contributed by atoms with van der Waals surface area (Å²) in [6, 6.07) is 10.8.